The lowest BCUT2D eigenvalue weighted by Gasteiger charge is -2.15. The van der Waals surface area contributed by atoms with E-state index in [1.54, 1.807) is 12.1 Å². The van der Waals surface area contributed by atoms with Crippen LogP contribution in [0, 0.1) is 13.8 Å². The van der Waals surface area contributed by atoms with E-state index in [0.29, 0.717) is 13.0 Å². The summed E-state index contributed by atoms with van der Waals surface area (Å²) >= 11 is 0. The van der Waals surface area contributed by atoms with Crippen LogP contribution in [0.25, 0.3) is 0 Å². The van der Waals surface area contributed by atoms with E-state index in [0.717, 1.165) is 39.8 Å². The molecule has 3 aromatic carbocycles. The summed E-state index contributed by atoms with van der Waals surface area (Å²) in [6.45, 7) is 5.83. The first kappa shape index (κ1) is 23.8. The van der Waals surface area contributed by atoms with Crippen LogP contribution in [0.15, 0.2) is 60.7 Å². The van der Waals surface area contributed by atoms with Crippen LogP contribution in [0.2, 0.25) is 0 Å². The van der Waals surface area contributed by atoms with Crippen molar-refractivity contribution >= 4 is 13.3 Å². The normalized spacial score (nSPS) is 12.9. The van der Waals surface area contributed by atoms with Crippen LogP contribution in [-0.4, -0.2) is 29.1 Å². The Morgan fingerprint density at radius 3 is 2.22 bits per heavy atom. The summed E-state index contributed by atoms with van der Waals surface area (Å²) in [5.41, 5.74) is 6.35. The van der Waals surface area contributed by atoms with Crippen molar-refractivity contribution in [1.82, 2.24) is 5.32 Å². The fraction of sp³-hybridized carbons (Fsp3) is 0.269. The lowest BCUT2D eigenvalue weighted by atomic mass is 9.93. The van der Waals surface area contributed by atoms with E-state index in [-0.39, 0.29) is 23.4 Å². The monoisotopic (exact) mass is 451 g/mol. The highest BCUT2D eigenvalue weighted by atomic mass is 31.2. The van der Waals surface area contributed by atoms with E-state index in [1.807, 2.05) is 62.4 Å². The molecule has 1 unspecified atom stereocenters. The molecule has 3 rings (SSSR count). The fourth-order valence-corrected chi connectivity index (χ4v) is 4.79. The van der Waals surface area contributed by atoms with Crippen LogP contribution < -0.4 is 5.32 Å². The molecule has 168 valence electrons. The average molecular weight is 452 g/mol. The highest BCUT2D eigenvalue weighted by molar-refractivity contribution is 7.56. The van der Waals surface area contributed by atoms with Gasteiger partial charge < -0.3 is 15.3 Å². The number of hydrogen-bond donors (Lipinski definition) is 3. The molecule has 3 aromatic rings. The lowest BCUT2D eigenvalue weighted by molar-refractivity contribution is 0.0951. The quantitative estimate of drug-likeness (QED) is 0.422. The van der Waals surface area contributed by atoms with Gasteiger partial charge in [-0.2, -0.15) is 0 Å². The van der Waals surface area contributed by atoms with Gasteiger partial charge in [0, 0.05) is 19.4 Å². The number of phenols is 1. The molecule has 0 heterocycles. The summed E-state index contributed by atoms with van der Waals surface area (Å²) in [6.07, 6.45) is 1.48. The first-order valence-corrected chi connectivity index (χ1v) is 12.9. The second-order valence-corrected chi connectivity index (χ2v) is 10.9. The van der Waals surface area contributed by atoms with Crippen molar-refractivity contribution in [3.63, 3.8) is 0 Å². The van der Waals surface area contributed by atoms with E-state index in [1.165, 1.54) is 6.66 Å². The fourth-order valence-electron chi connectivity index (χ4n) is 3.93. The number of nitrogens with one attached hydrogen (secondary N) is 1. The number of phenolic OH excluding ortho intramolecular Hbond substituents is 1. The second-order valence-electron chi connectivity index (χ2n) is 8.44. The number of hydrogen-bond acceptors (Lipinski definition) is 3. The Balaban J connectivity index is 1.72. The maximum absolute atomic E-state index is 12.7. The van der Waals surface area contributed by atoms with Gasteiger partial charge in [-0.25, -0.2) is 0 Å². The second kappa shape index (κ2) is 10.2. The van der Waals surface area contributed by atoms with Crippen molar-refractivity contribution in [2.75, 3.05) is 13.2 Å². The standard InChI is InChI=1S/C26H30NO4P/c1-18-13-22(17-32(3,30)31)14-19(2)23(18)15-21-9-10-25(28)24(16-21)26(29)27-12-11-20-7-5-4-6-8-20/h4-10,13-14,16,28H,11-12,15,17H2,1-3H3,(H,27,29)(H,30,31). The van der Waals surface area contributed by atoms with Crippen molar-refractivity contribution in [2.24, 2.45) is 0 Å². The van der Waals surface area contributed by atoms with Gasteiger partial charge in [-0.05, 0) is 72.2 Å². The van der Waals surface area contributed by atoms with E-state index >= 15 is 0 Å². The summed E-state index contributed by atoms with van der Waals surface area (Å²) in [7, 11) is -3.13. The molecule has 0 aliphatic heterocycles. The predicted octanol–water partition coefficient (Wildman–Crippen LogP) is 4.97. The third-order valence-corrected chi connectivity index (χ3v) is 6.41. The molecule has 0 aromatic heterocycles. The van der Waals surface area contributed by atoms with Gasteiger partial charge in [0.15, 0.2) is 0 Å². The molecule has 0 aliphatic rings. The summed E-state index contributed by atoms with van der Waals surface area (Å²) in [5, 5.41) is 13.1. The van der Waals surface area contributed by atoms with Crippen LogP contribution in [0.3, 0.4) is 0 Å². The molecular formula is C26H30NO4P. The highest BCUT2D eigenvalue weighted by Crippen LogP contribution is 2.40. The number of rotatable bonds is 8. The average Bonchev–Trinajstić information content (AvgIpc) is 2.71. The summed E-state index contributed by atoms with van der Waals surface area (Å²) in [4.78, 5) is 22.3. The first-order chi connectivity index (χ1) is 15.1. The smallest absolute Gasteiger partial charge is 0.255 e. The van der Waals surface area contributed by atoms with Crippen molar-refractivity contribution < 1.29 is 19.4 Å². The molecule has 0 bridgehead atoms. The molecular weight excluding hydrogens is 421 g/mol. The molecule has 6 heteroatoms. The summed E-state index contributed by atoms with van der Waals surface area (Å²) < 4.78 is 11.8. The first-order valence-electron chi connectivity index (χ1n) is 10.6. The van der Waals surface area contributed by atoms with E-state index in [9.17, 15) is 19.4 Å². The van der Waals surface area contributed by atoms with Gasteiger partial charge in [0.25, 0.3) is 5.91 Å². The van der Waals surface area contributed by atoms with Gasteiger partial charge >= 0.3 is 0 Å². The molecule has 0 radical (unpaired) electrons. The Kier molecular flexibility index (Phi) is 7.55. The zero-order valence-electron chi connectivity index (χ0n) is 18.8. The Morgan fingerprint density at radius 1 is 0.938 bits per heavy atom. The molecule has 1 amide bonds. The SMILES string of the molecule is Cc1cc(CP(C)(=O)O)cc(C)c1Cc1ccc(O)c(C(=O)NCCc2ccccc2)c1. The van der Waals surface area contributed by atoms with E-state index in [2.05, 4.69) is 5.32 Å². The zero-order chi connectivity index (χ0) is 23.3. The third kappa shape index (κ3) is 6.56. The van der Waals surface area contributed by atoms with Crippen LogP contribution in [-0.2, 0) is 23.6 Å². The molecule has 0 fully saturated rings. The van der Waals surface area contributed by atoms with Gasteiger partial charge in [0.2, 0.25) is 7.37 Å². The predicted molar refractivity (Wildman–Crippen MR) is 129 cm³/mol. The number of aromatic hydroxyl groups is 1. The van der Waals surface area contributed by atoms with Crippen LogP contribution in [0.1, 0.15) is 43.7 Å². The van der Waals surface area contributed by atoms with Crippen LogP contribution in [0.4, 0.5) is 0 Å². The minimum absolute atomic E-state index is 0.0450. The highest BCUT2D eigenvalue weighted by Gasteiger charge is 2.15. The Labute approximate surface area is 189 Å². The number of carbonyl (C=O) groups is 1. The van der Waals surface area contributed by atoms with E-state index in [4.69, 9.17) is 0 Å². The van der Waals surface area contributed by atoms with Crippen LogP contribution in [0.5, 0.6) is 5.75 Å². The number of carbonyl (C=O) groups excluding carboxylic acids is 1. The minimum Gasteiger partial charge on any atom is -0.507 e. The molecule has 32 heavy (non-hydrogen) atoms. The number of amides is 1. The van der Waals surface area contributed by atoms with Crippen molar-refractivity contribution in [2.45, 2.75) is 32.9 Å². The summed E-state index contributed by atoms with van der Waals surface area (Å²) in [5.74, 6) is -0.345. The van der Waals surface area contributed by atoms with Crippen molar-refractivity contribution in [1.29, 1.82) is 0 Å². The molecule has 0 saturated heterocycles. The number of benzene rings is 3. The molecule has 1 atom stereocenters. The molecule has 0 aliphatic carbocycles. The Hall–Kier alpha value is -2.88. The van der Waals surface area contributed by atoms with Gasteiger partial charge in [0.1, 0.15) is 5.75 Å². The molecule has 5 nitrogen and oxygen atoms in total. The van der Waals surface area contributed by atoms with Crippen molar-refractivity contribution in [3.05, 3.63) is 99.6 Å². The van der Waals surface area contributed by atoms with Crippen molar-refractivity contribution in [3.8, 4) is 5.75 Å². The third-order valence-electron chi connectivity index (χ3n) is 5.46. The lowest BCUT2D eigenvalue weighted by Crippen LogP contribution is -2.25. The molecule has 3 N–H and O–H groups in total. The van der Waals surface area contributed by atoms with Gasteiger partial charge in [-0.15, -0.1) is 0 Å². The van der Waals surface area contributed by atoms with Gasteiger partial charge in [0.05, 0.1) is 5.56 Å². The minimum atomic E-state index is -3.13. The van der Waals surface area contributed by atoms with E-state index < -0.39 is 7.37 Å². The maximum atomic E-state index is 12.7. The zero-order valence-corrected chi connectivity index (χ0v) is 19.7. The number of aryl methyl sites for hydroxylation is 2. The van der Waals surface area contributed by atoms with Gasteiger partial charge in [-0.1, -0.05) is 48.5 Å². The summed E-state index contributed by atoms with van der Waals surface area (Å²) in [6, 6.07) is 18.9. The Bertz CT molecular complexity index is 1130. The largest absolute Gasteiger partial charge is 0.507 e. The van der Waals surface area contributed by atoms with Crippen LogP contribution >= 0.6 is 7.37 Å². The maximum Gasteiger partial charge on any atom is 0.255 e. The Morgan fingerprint density at radius 2 is 1.59 bits per heavy atom. The topological polar surface area (TPSA) is 86.6 Å². The molecule has 0 saturated carbocycles. The van der Waals surface area contributed by atoms with Gasteiger partial charge in [-0.3, -0.25) is 9.36 Å². The molecule has 0 spiro atoms.